The quantitative estimate of drug-likeness (QED) is 0.462. The second kappa shape index (κ2) is 9.51. The summed E-state index contributed by atoms with van der Waals surface area (Å²) in [5.41, 5.74) is 4.35. The summed E-state index contributed by atoms with van der Waals surface area (Å²) in [6.07, 6.45) is 2.43. The number of amides is 2. The molecule has 0 unspecified atom stereocenters. The van der Waals surface area contributed by atoms with Crippen LogP contribution in [0.1, 0.15) is 24.0 Å². The summed E-state index contributed by atoms with van der Waals surface area (Å²) in [7, 11) is 1.50. The average Bonchev–Trinajstić information content (AvgIpc) is 2.75. The summed E-state index contributed by atoms with van der Waals surface area (Å²) in [6, 6.07) is 12.3. The van der Waals surface area contributed by atoms with E-state index < -0.39 is 5.91 Å². The number of ether oxygens (including phenoxy) is 1. The molecule has 2 N–H and O–H groups in total. The number of hydrogen-bond donors (Lipinski definition) is 2. The second-order valence-electron chi connectivity index (χ2n) is 6.59. The molecule has 0 aliphatic carbocycles. The molecule has 0 aliphatic rings. The van der Waals surface area contributed by atoms with Gasteiger partial charge in [0.2, 0.25) is 17.2 Å². The van der Waals surface area contributed by atoms with E-state index in [1.807, 2.05) is 19.1 Å². The minimum Gasteiger partial charge on any atom is -0.497 e. The van der Waals surface area contributed by atoms with Crippen LogP contribution in [0.25, 0.3) is 11.0 Å². The van der Waals surface area contributed by atoms with Gasteiger partial charge in [0.25, 0.3) is 0 Å². The molecule has 0 radical (unpaired) electrons. The molecule has 0 fully saturated rings. The highest BCUT2D eigenvalue weighted by atomic mass is 16.5. The van der Waals surface area contributed by atoms with E-state index in [-0.39, 0.29) is 29.7 Å². The molecular formula is C22H21N3O5. The van der Waals surface area contributed by atoms with Gasteiger partial charge in [-0.25, -0.2) is 5.43 Å². The van der Waals surface area contributed by atoms with E-state index in [1.54, 1.807) is 30.3 Å². The monoisotopic (exact) mass is 407 g/mol. The molecule has 0 bridgehead atoms. The Morgan fingerprint density at radius 2 is 1.83 bits per heavy atom. The highest BCUT2D eigenvalue weighted by molar-refractivity contribution is 5.93. The van der Waals surface area contributed by atoms with Crippen LogP contribution >= 0.6 is 0 Å². The van der Waals surface area contributed by atoms with E-state index in [2.05, 4.69) is 15.8 Å². The van der Waals surface area contributed by atoms with Crippen LogP contribution in [0, 0.1) is 6.92 Å². The zero-order chi connectivity index (χ0) is 21.5. The number of carbonyl (C=O) groups excluding carboxylic acids is 2. The van der Waals surface area contributed by atoms with Crippen LogP contribution in [0.4, 0.5) is 5.69 Å². The van der Waals surface area contributed by atoms with Crippen LogP contribution in [0.5, 0.6) is 5.75 Å². The lowest BCUT2D eigenvalue weighted by Crippen LogP contribution is -2.21. The molecule has 1 aromatic heterocycles. The first kappa shape index (κ1) is 20.8. The molecule has 3 aromatic rings. The summed E-state index contributed by atoms with van der Waals surface area (Å²) < 4.78 is 10.5. The number of hydrazone groups is 1. The van der Waals surface area contributed by atoms with Gasteiger partial charge in [0, 0.05) is 18.5 Å². The molecule has 0 spiro atoms. The van der Waals surface area contributed by atoms with Crippen molar-refractivity contribution < 1.29 is 18.7 Å². The maximum Gasteiger partial charge on any atom is 0.240 e. The van der Waals surface area contributed by atoms with E-state index in [0.29, 0.717) is 22.4 Å². The van der Waals surface area contributed by atoms with Crippen molar-refractivity contribution in [3.05, 3.63) is 70.1 Å². The Balaban J connectivity index is 1.54. The fourth-order valence-electron chi connectivity index (χ4n) is 2.66. The Kier molecular flexibility index (Phi) is 6.59. The molecule has 0 saturated carbocycles. The Bertz CT molecular complexity index is 1150. The number of carbonyl (C=O) groups is 2. The number of fused-ring (bicyclic) bond motifs is 1. The van der Waals surface area contributed by atoms with Crippen LogP contribution in [0.2, 0.25) is 0 Å². The fourth-order valence-corrected chi connectivity index (χ4v) is 2.66. The summed E-state index contributed by atoms with van der Waals surface area (Å²) >= 11 is 0. The van der Waals surface area contributed by atoms with Crippen molar-refractivity contribution in [2.75, 3.05) is 12.4 Å². The first-order valence-corrected chi connectivity index (χ1v) is 9.24. The van der Waals surface area contributed by atoms with E-state index in [0.717, 1.165) is 5.56 Å². The summed E-state index contributed by atoms with van der Waals surface area (Å²) in [5.74, 6) is -0.194. The Morgan fingerprint density at radius 3 is 2.57 bits per heavy atom. The molecule has 30 heavy (non-hydrogen) atoms. The molecule has 0 saturated heterocycles. The Labute approximate surface area is 172 Å². The van der Waals surface area contributed by atoms with Crippen LogP contribution in [0.15, 0.2) is 63.0 Å². The van der Waals surface area contributed by atoms with Crippen LogP contribution in [0.3, 0.4) is 0 Å². The third-order valence-electron chi connectivity index (χ3n) is 4.31. The predicted octanol–water partition coefficient (Wildman–Crippen LogP) is 2.98. The third kappa shape index (κ3) is 5.32. The molecule has 2 amide bonds. The van der Waals surface area contributed by atoms with Crippen molar-refractivity contribution in [1.82, 2.24) is 5.43 Å². The van der Waals surface area contributed by atoms with E-state index >= 15 is 0 Å². The van der Waals surface area contributed by atoms with E-state index in [9.17, 15) is 14.4 Å². The third-order valence-corrected chi connectivity index (χ3v) is 4.31. The zero-order valence-corrected chi connectivity index (χ0v) is 16.6. The van der Waals surface area contributed by atoms with Gasteiger partial charge < -0.3 is 14.5 Å². The van der Waals surface area contributed by atoms with Crippen molar-refractivity contribution in [2.24, 2.45) is 5.10 Å². The maximum absolute atomic E-state index is 12.5. The lowest BCUT2D eigenvalue weighted by Gasteiger charge is -2.05. The number of rotatable bonds is 7. The minimum atomic E-state index is -0.447. The highest BCUT2D eigenvalue weighted by Gasteiger charge is 2.08. The lowest BCUT2D eigenvalue weighted by molar-refractivity contribution is -0.124. The number of hydrogen-bond acceptors (Lipinski definition) is 6. The molecule has 154 valence electrons. The molecule has 1 heterocycles. The predicted molar refractivity (Wildman–Crippen MR) is 114 cm³/mol. The minimum absolute atomic E-state index is 0.00708. The second-order valence-corrected chi connectivity index (χ2v) is 6.59. The molecule has 2 aromatic carbocycles. The van der Waals surface area contributed by atoms with E-state index in [4.69, 9.17) is 9.15 Å². The number of nitrogens with zero attached hydrogens (tertiary/aromatic N) is 1. The Hall–Kier alpha value is -3.94. The van der Waals surface area contributed by atoms with Gasteiger partial charge in [0.1, 0.15) is 17.6 Å². The first-order chi connectivity index (χ1) is 14.5. The zero-order valence-electron chi connectivity index (χ0n) is 16.6. The Morgan fingerprint density at radius 1 is 1.10 bits per heavy atom. The molecular weight excluding hydrogens is 386 g/mol. The summed E-state index contributed by atoms with van der Waals surface area (Å²) in [5, 5.41) is 6.84. The highest BCUT2D eigenvalue weighted by Crippen LogP contribution is 2.18. The fraction of sp³-hybridized carbons (Fsp3) is 0.182. The number of aryl methyl sites for hydroxylation is 1. The summed E-state index contributed by atoms with van der Waals surface area (Å²) in [4.78, 5) is 36.3. The van der Waals surface area contributed by atoms with Gasteiger partial charge in [-0.3, -0.25) is 14.4 Å². The van der Waals surface area contributed by atoms with Gasteiger partial charge in [-0.15, -0.1) is 0 Å². The molecule has 8 heteroatoms. The first-order valence-electron chi connectivity index (χ1n) is 9.24. The standard InChI is InChI=1S/C22H21N3O5/c1-14-3-5-16(6-4-14)24-20(26)9-10-21(27)25-23-12-15-13-30-19-8-7-17(29-2)11-18(19)22(15)28/h3-8,11-13H,9-10H2,1-2H3,(H,24,26)(H,25,27)/b23-12+. The van der Waals surface area contributed by atoms with Gasteiger partial charge in [-0.2, -0.15) is 5.10 Å². The number of methoxy groups -OCH3 is 1. The van der Waals surface area contributed by atoms with Crippen molar-refractivity contribution in [3.8, 4) is 5.75 Å². The van der Waals surface area contributed by atoms with Crippen LogP contribution in [-0.2, 0) is 9.59 Å². The van der Waals surface area contributed by atoms with Gasteiger partial charge in [-0.05, 0) is 37.3 Å². The molecule has 0 aliphatic heterocycles. The SMILES string of the molecule is COc1ccc2occ(/C=N/NC(=O)CCC(=O)Nc3ccc(C)cc3)c(=O)c2c1. The van der Waals surface area contributed by atoms with Crippen molar-refractivity contribution in [3.63, 3.8) is 0 Å². The van der Waals surface area contributed by atoms with Crippen LogP contribution < -0.4 is 20.9 Å². The summed E-state index contributed by atoms with van der Waals surface area (Å²) in [6.45, 7) is 1.95. The smallest absolute Gasteiger partial charge is 0.240 e. The van der Waals surface area contributed by atoms with Crippen LogP contribution in [-0.4, -0.2) is 25.1 Å². The van der Waals surface area contributed by atoms with Gasteiger partial charge >= 0.3 is 0 Å². The number of anilines is 1. The number of nitrogens with one attached hydrogen (secondary N) is 2. The topological polar surface area (TPSA) is 110 Å². The van der Waals surface area contributed by atoms with Gasteiger partial charge in [-0.1, -0.05) is 17.7 Å². The lowest BCUT2D eigenvalue weighted by atomic mass is 10.2. The average molecular weight is 407 g/mol. The number of benzene rings is 2. The van der Waals surface area contributed by atoms with Gasteiger partial charge in [0.15, 0.2) is 0 Å². The molecule has 3 rings (SSSR count). The normalized spacial score (nSPS) is 10.9. The maximum atomic E-state index is 12.5. The molecule has 8 nitrogen and oxygen atoms in total. The van der Waals surface area contributed by atoms with Crippen molar-refractivity contribution in [1.29, 1.82) is 0 Å². The van der Waals surface area contributed by atoms with Gasteiger partial charge in [0.05, 0.1) is 24.3 Å². The van der Waals surface area contributed by atoms with Crippen molar-refractivity contribution in [2.45, 2.75) is 19.8 Å². The largest absolute Gasteiger partial charge is 0.497 e. The van der Waals surface area contributed by atoms with Crippen molar-refractivity contribution >= 4 is 34.7 Å². The molecule has 0 atom stereocenters. The van der Waals surface area contributed by atoms with E-state index in [1.165, 1.54) is 19.6 Å².